The van der Waals surface area contributed by atoms with Gasteiger partial charge in [-0.1, -0.05) is 30.3 Å². The zero-order valence-corrected chi connectivity index (χ0v) is 7.78. The highest BCUT2D eigenvalue weighted by Crippen LogP contribution is 2.26. The van der Waals surface area contributed by atoms with Gasteiger partial charge in [0.15, 0.2) is 0 Å². The lowest BCUT2D eigenvalue weighted by molar-refractivity contribution is 0.496. The van der Waals surface area contributed by atoms with E-state index in [0.717, 1.165) is 0 Å². The molecule has 0 aliphatic rings. The molecule has 6 heteroatoms. The Kier molecular flexibility index (Phi) is 2.67. The molecule has 1 rings (SSSR count). The topological polar surface area (TPSA) is 71.4 Å². The minimum Gasteiger partial charge on any atom is -0.302 e. The van der Waals surface area contributed by atoms with Crippen molar-refractivity contribution in [3.63, 3.8) is 0 Å². The predicted molar refractivity (Wildman–Crippen MR) is 46.6 cm³/mol. The predicted octanol–water partition coefficient (Wildman–Crippen LogP) is 0.674. The van der Waals surface area contributed by atoms with Crippen molar-refractivity contribution in [2.45, 2.75) is 0 Å². The summed E-state index contributed by atoms with van der Waals surface area (Å²) in [5.74, 6) is 0. The molecule has 0 saturated heterocycles. The number of hydrogen-bond acceptors (Lipinski definition) is 3. The summed E-state index contributed by atoms with van der Waals surface area (Å²) in [5, 5.41) is 0.144. The summed E-state index contributed by atoms with van der Waals surface area (Å²) in [6.07, 6.45) is 0. The lowest BCUT2D eigenvalue weighted by atomic mass is 10.4. The van der Waals surface area contributed by atoms with Gasteiger partial charge in [0, 0.05) is 5.30 Å². The van der Waals surface area contributed by atoms with Gasteiger partial charge in [0.1, 0.15) is 0 Å². The average molecular weight is 206 g/mol. The molecular formula is C6H7O4PS. The molecule has 0 fully saturated rings. The van der Waals surface area contributed by atoms with Crippen LogP contribution in [0.5, 0.6) is 0 Å². The van der Waals surface area contributed by atoms with Gasteiger partial charge in [-0.05, 0) is 0 Å². The van der Waals surface area contributed by atoms with Crippen LogP contribution in [0.25, 0.3) is 0 Å². The van der Waals surface area contributed by atoms with Gasteiger partial charge in [0.05, 0.1) is 0 Å². The molecule has 1 unspecified atom stereocenters. The fraction of sp³-hybridized carbons (Fsp3) is 0. The van der Waals surface area contributed by atoms with Crippen molar-refractivity contribution in [2.75, 3.05) is 0 Å². The van der Waals surface area contributed by atoms with Gasteiger partial charge in [-0.15, -0.1) is 0 Å². The van der Waals surface area contributed by atoms with Crippen LogP contribution in [0.1, 0.15) is 0 Å². The summed E-state index contributed by atoms with van der Waals surface area (Å²) in [4.78, 5) is 0. The van der Waals surface area contributed by atoms with Gasteiger partial charge in [-0.2, -0.15) is 8.42 Å². The lowest BCUT2D eigenvalue weighted by Crippen LogP contribution is -2.01. The maximum absolute atomic E-state index is 11.0. The molecule has 12 heavy (non-hydrogen) atoms. The molecule has 0 amide bonds. The van der Waals surface area contributed by atoms with E-state index in [1.807, 2.05) is 0 Å². The van der Waals surface area contributed by atoms with Crippen molar-refractivity contribution >= 4 is 22.0 Å². The largest absolute Gasteiger partial charge is 0.317 e. The molecule has 0 radical (unpaired) electrons. The van der Waals surface area contributed by atoms with Crippen LogP contribution in [0, 0.1) is 0 Å². The maximum atomic E-state index is 11.0. The van der Waals surface area contributed by atoms with Crippen molar-refractivity contribution in [3.8, 4) is 0 Å². The third kappa shape index (κ3) is 2.17. The van der Waals surface area contributed by atoms with Crippen LogP contribution < -0.4 is 5.30 Å². The molecule has 0 heterocycles. The second-order valence-corrected chi connectivity index (χ2v) is 6.89. The molecule has 0 aliphatic heterocycles. The summed E-state index contributed by atoms with van der Waals surface area (Å²) >= 11 is 0. The molecule has 1 aromatic carbocycles. The first kappa shape index (κ1) is 9.45. The van der Waals surface area contributed by atoms with Gasteiger partial charge in [-0.25, -0.2) is 0 Å². The minimum atomic E-state index is -4.41. The molecule has 1 atom stereocenters. The first-order valence-corrected chi connectivity index (χ1v) is 6.66. The van der Waals surface area contributed by atoms with Crippen molar-refractivity contribution in [1.29, 1.82) is 0 Å². The van der Waals surface area contributed by atoms with E-state index in [1.54, 1.807) is 18.2 Å². The highest BCUT2D eigenvalue weighted by atomic mass is 32.8. The van der Waals surface area contributed by atoms with Crippen LogP contribution in [-0.2, 0) is 14.3 Å². The Hall–Kier alpha value is -0.640. The summed E-state index contributed by atoms with van der Waals surface area (Å²) in [6.45, 7) is 0. The normalized spacial score (nSPS) is 14.1. The third-order valence-corrected chi connectivity index (χ3v) is 4.63. The van der Waals surface area contributed by atoms with Gasteiger partial charge in [-0.3, -0.25) is 4.55 Å². The minimum absolute atomic E-state index is 0.144. The highest BCUT2D eigenvalue weighted by molar-refractivity contribution is 8.45. The van der Waals surface area contributed by atoms with Crippen molar-refractivity contribution < 1.29 is 17.5 Å². The number of benzene rings is 1. The Morgan fingerprint density at radius 2 is 1.67 bits per heavy atom. The highest BCUT2D eigenvalue weighted by Gasteiger charge is 2.16. The van der Waals surface area contributed by atoms with E-state index in [4.69, 9.17) is 4.55 Å². The van der Waals surface area contributed by atoms with Crippen molar-refractivity contribution in [2.24, 2.45) is 0 Å². The molecule has 66 valence electrons. The fourth-order valence-electron chi connectivity index (χ4n) is 0.723. The van der Waals surface area contributed by atoms with Gasteiger partial charge in [0.25, 0.3) is 0 Å². The molecule has 0 aromatic heterocycles. The van der Waals surface area contributed by atoms with Gasteiger partial charge < -0.3 is 4.57 Å². The first-order valence-electron chi connectivity index (χ1n) is 3.08. The van der Waals surface area contributed by atoms with E-state index in [2.05, 4.69) is 0 Å². The zero-order chi connectivity index (χ0) is 9.19. The SMILES string of the molecule is O=[PH](c1ccccc1)S(=O)(=O)O. The summed E-state index contributed by atoms with van der Waals surface area (Å²) < 4.78 is 40.3. The van der Waals surface area contributed by atoms with Crippen LogP contribution in [-0.4, -0.2) is 13.0 Å². The van der Waals surface area contributed by atoms with E-state index >= 15 is 0 Å². The second-order valence-electron chi connectivity index (χ2n) is 2.13. The Balaban J connectivity index is 3.11. The van der Waals surface area contributed by atoms with Crippen LogP contribution >= 0.6 is 7.00 Å². The first-order chi connectivity index (χ1) is 5.52. The van der Waals surface area contributed by atoms with E-state index in [1.165, 1.54) is 12.1 Å². The maximum Gasteiger partial charge on any atom is 0.317 e. The zero-order valence-electron chi connectivity index (χ0n) is 5.97. The molecule has 0 bridgehead atoms. The monoisotopic (exact) mass is 206 g/mol. The van der Waals surface area contributed by atoms with E-state index in [0.29, 0.717) is 0 Å². The molecule has 0 aliphatic carbocycles. The Bertz CT molecular complexity index is 383. The van der Waals surface area contributed by atoms with E-state index in [9.17, 15) is 13.0 Å². The smallest absolute Gasteiger partial charge is 0.302 e. The molecule has 4 nitrogen and oxygen atoms in total. The Labute approximate surface area is 70.5 Å². The van der Waals surface area contributed by atoms with E-state index < -0.39 is 16.7 Å². The average Bonchev–Trinajstić information content (AvgIpc) is 2.03. The molecule has 1 N–H and O–H groups in total. The van der Waals surface area contributed by atoms with Crippen molar-refractivity contribution in [3.05, 3.63) is 30.3 Å². The third-order valence-electron chi connectivity index (χ3n) is 1.24. The van der Waals surface area contributed by atoms with Crippen LogP contribution in [0.15, 0.2) is 30.3 Å². The summed E-state index contributed by atoms with van der Waals surface area (Å²) in [6, 6.07) is 7.58. The fourth-order valence-corrected chi connectivity index (χ4v) is 2.79. The second kappa shape index (κ2) is 3.39. The van der Waals surface area contributed by atoms with Crippen LogP contribution in [0.3, 0.4) is 0 Å². The molecule has 0 saturated carbocycles. The van der Waals surface area contributed by atoms with E-state index in [-0.39, 0.29) is 5.30 Å². The summed E-state index contributed by atoms with van der Waals surface area (Å²) in [7, 11) is -7.51. The number of hydrogen-bond donors (Lipinski definition) is 1. The molecule has 0 spiro atoms. The van der Waals surface area contributed by atoms with Gasteiger partial charge in [0.2, 0.25) is 7.00 Å². The van der Waals surface area contributed by atoms with Crippen LogP contribution in [0.2, 0.25) is 0 Å². The Morgan fingerprint density at radius 1 is 1.17 bits per heavy atom. The standard InChI is InChI=1S/C6H7O4PS/c7-11(12(8,9)10)6-4-2-1-3-5-6/h1-5,11H,(H,8,9,10). The molecule has 1 aromatic rings. The lowest BCUT2D eigenvalue weighted by Gasteiger charge is -1.96. The van der Waals surface area contributed by atoms with Crippen molar-refractivity contribution in [1.82, 2.24) is 0 Å². The quantitative estimate of drug-likeness (QED) is 0.570. The van der Waals surface area contributed by atoms with Crippen LogP contribution in [0.4, 0.5) is 0 Å². The Morgan fingerprint density at radius 3 is 2.08 bits per heavy atom. The van der Waals surface area contributed by atoms with Gasteiger partial charge >= 0.3 is 9.74 Å². The number of rotatable bonds is 2. The summed E-state index contributed by atoms with van der Waals surface area (Å²) in [5.41, 5.74) is 0. The molecular weight excluding hydrogens is 199 g/mol.